The van der Waals surface area contributed by atoms with Crippen molar-refractivity contribution < 1.29 is 9.53 Å². The second-order valence-electron chi connectivity index (χ2n) is 6.49. The molecule has 6 nitrogen and oxygen atoms in total. The maximum atomic E-state index is 13.0. The number of hydrogen-bond donors (Lipinski definition) is 1. The molecule has 2 heterocycles. The third kappa shape index (κ3) is 2.97. The summed E-state index contributed by atoms with van der Waals surface area (Å²) >= 11 is 0. The number of anilines is 1. The summed E-state index contributed by atoms with van der Waals surface area (Å²) in [7, 11) is 0. The van der Waals surface area contributed by atoms with Crippen molar-refractivity contribution >= 4 is 22.7 Å². The van der Waals surface area contributed by atoms with Crippen molar-refractivity contribution in [1.29, 1.82) is 0 Å². The molecule has 1 aliphatic rings. The summed E-state index contributed by atoms with van der Waals surface area (Å²) in [6.45, 7) is 4.24. The topological polar surface area (TPSA) is 69.0 Å². The van der Waals surface area contributed by atoms with Gasteiger partial charge in [0.2, 0.25) is 5.95 Å². The van der Waals surface area contributed by atoms with Crippen molar-refractivity contribution in [3.05, 3.63) is 65.6 Å². The van der Waals surface area contributed by atoms with Crippen LogP contribution in [0, 0.1) is 0 Å². The van der Waals surface area contributed by atoms with Crippen molar-refractivity contribution in [3.63, 3.8) is 0 Å². The molecule has 0 bridgehead atoms. The fourth-order valence-corrected chi connectivity index (χ4v) is 3.69. The number of carbonyl (C=O) groups excluding carboxylic acids is 1. The highest BCUT2D eigenvalue weighted by molar-refractivity contribution is 5.95. The van der Waals surface area contributed by atoms with Crippen LogP contribution in [0.15, 0.2) is 60.1 Å². The predicted molar refractivity (Wildman–Crippen MR) is 104 cm³/mol. The lowest BCUT2D eigenvalue weighted by Crippen LogP contribution is -2.30. The Hall–Kier alpha value is -3.15. The first-order valence-electron chi connectivity index (χ1n) is 9.29. The van der Waals surface area contributed by atoms with Gasteiger partial charge in [-0.1, -0.05) is 55.8 Å². The van der Waals surface area contributed by atoms with Gasteiger partial charge in [-0.05, 0) is 29.7 Å². The van der Waals surface area contributed by atoms with Crippen LogP contribution in [-0.4, -0.2) is 27.3 Å². The fraction of sp³-hybridized carbons (Fsp3) is 0.286. The van der Waals surface area contributed by atoms with Gasteiger partial charge in [0.1, 0.15) is 12.4 Å². The van der Waals surface area contributed by atoms with Crippen LogP contribution in [0.25, 0.3) is 10.8 Å². The van der Waals surface area contributed by atoms with Crippen molar-refractivity contribution in [2.24, 2.45) is 0 Å². The summed E-state index contributed by atoms with van der Waals surface area (Å²) in [5.41, 5.74) is 2.47. The van der Waals surface area contributed by atoms with E-state index in [4.69, 9.17) is 4.74 Å². The molecule has 1 aliphatic heterocycles. The van der Waals surface area contributed by atoms with E-state index in [1.165, 1.54) is 6.33 Å². The van der Waals surface area contributed by atoms with Crippen molar-refractivity contribution in [3.8, 4) is 0 Å². The smallest absolute Gasteiger partial charge is 0.338 e. The summed E-state index contributed by atoms with van der Waals surface area (Å²) < 4.78 is 7.19. The van der Waals surface area contributed by atoms with Crippen LogP contribution in [0.3, 0.4) is 0 Å². The van der Waals surface area contributed by atoms with E-state index in [1.807, 2.05) is 31.2 Å². The zero-order valence-corrected chi connectivity index (χ0v) is 15.5. The van der Waals surface area contributed by atoms with Crippen LogP contribution in [0.1, 0.15) is 38.3 Å². The average Bonchev–Trinajstić information content (AvgIpc) is 3.15. The van der Waals surface area contributed by atoms with Gasteiger partial charge in [-0.3, -0.25) is 0 Å². The van der Waals surface area contributed by atoms with Gasteiger partial charge in [0.15, 0.2) is 0 Å². The van der Waals surface area contributed by atoms with Gasteiger partial charge in [-0.2, -0.15) is 10.1 Å². The first-order valence-corrected chi connectivity index (χ1v) is 9.29. The highest BCUT2D eigenvalue weighted by Gasteiger charge is 2.35. The first-order chi connectivity index (χ1) is 13.2. The van der Waals surface area contributed by atoms with Crippen LogP contribution in [0.4, 0.5) is 5.95 Å². The summed E-state index contributed by atoms with van der Waals surface area (Å²) in [6, 6.07) is 13.9. The predicted octanol–water partition coefficient (Wildman–Crippen LogP) is 4.06. The molecule has 0 saturated heterocycles. The van der Waals surface area contributed by atoms with Gasteiger partial charge in [0, 0.05) is 5.70 Å². The Kier molecular flexibility index (Phi) is 4.62. The molecule has 1 aromatic heterocycles. The number of nitrogens with one attached hydrogen (secondary N) is 1. The Morgan fingerprint density at radius 1 is 1.19 bits per heavy atom. The van der Waals surface area contributed by atoms with E-state index >= 15 is 0 Å². The maximum absolute atomic E-state index is 13.0. The first kappa shape index (κ1) is 17.3. The average molecular weight is 362 g/mol. The van der Waals surface area contributed by atoms with Crippen LogP contribution in [0.2, 0.25) is 0 Å². The quantitative estimate of drug-likeness (QED) is 0.693. The zero-order valence-electron chi connectivity index (χ0n) is 15.5. The molecule has 2 aromatic carbocycles. The van der Waals surface area contributed by atoms with Crippen LogP contribution in [-0.2, 0) is 9.53 Å². The second kappa shape index (κ2) is 7.23. The van der Waals surface area contributed by atoms with Gasteiger partial charge < -0.3 is 10.1 Å². The van der Waals surface area contributed by atoms with Crippen LogP contribution >= 0.6 is 0 Å². The SMILES string of the molecule is CCCC1=C(C(=O)OCC)[C@H](c2cccc3ccccc23)n2ncnc2N1. The summed E-state index contributed by atoms with van der Waals surface area (Å²) in [5.74, 6) is 0.331. The van der Waals surface area contributed by atoms with E-state index in [2.05, 4.69) is 40.5 Å². The minimum atomic E-state index is -0.379. The number of nitrogens with zero attached hydrogens (tertiary/aromatic N) is 3. The molecule has 0 amide bonds. The summed E-state index contributed by atoms with van der Waals surface area (Å²) in [4.78, 5) is 17.3. The molecule has 6 heteroatoms. The lowest BCUT2D eigenvalue weighted by molar-refractivity contribution is -0.139. The van der Waals surface area contributed by atoms with E-state index in [9.17, 15) is 4.79 Å². The molecule has 0 radical (unpaired) electrons. The number of fused-ring (bicyclic) bond motifs is 2. The van der Waals surface area contributed by atoms with E-state index in [0.717, 1.165) is 34.9 Å². The molecule has 1 atom stereocenters. The highest BCUT2D eigenvalue weighted by atomic mass is 16.5. The lowest BCUT2D eigenvalue weighted by Gasteiger charge is -2.30. The Labute approximate surface area is 157 Å². The minimum absolute atomic E-state index is 0.312. The number of aromatic nitrogens is 3. The molecular weight excluding hydrogens is 340 g/mol. The van der Waals surface area contributed by atoms with Crippen LogP contribution < -0.4 is 5.32 Å². The highest BCUT2D eigenvalue weighted by Crippen LogP contribution is 2.39. The molecular formula is C21H22N4O2. The Morgan fingerprint density at radius 3 is 2.81 bits per heavy atom. The number of ether oxygens (including phenoxy) is 1. The summed E-state index contributed by atoms with van der Waals surface area (Å²) in [5, 5.41) is 9.90. The third-order valence-electron chi connectivity index (χ3n) is 4.79. The van der Waals surface area contributed by atoms with Crippen molar-refractivity contribution in [2.45, 2.75) is 32.7 Å². The lowest BCUT2D eigenvalue weighted by atomic mass is 9.90. The minimum Gasteiger partial charge on any atom is -0.463 e. The molecule has 1 N–H and O–H groups in total. The molecule has 0 saturated carbocycles. The number of carbonyl (C=O) groups is 1. The van der Waals surface area contributed by atoms with Crippen LogP contribution in [0.5, 0.6) is 0 Å². The molecule has 4 rings (SSSR count). The third-order valence-corrected chi connectivity index (χ3v) is 4.79. The molecule has 27 heavy (non-hydrogen) atoms. The van der Waals surface area contributed by atoms with Gasteiger partial charge in [0.25, 0.3) is 0 Å². The van der Waals surface area contributed by atoms with Gasteiger partial charge in [-0.25, -0.2) is 9.48 Å². The van der Waals surface area contributed by atoms with E-state index < -0.39 is 0 Å². The Balaban J connectivity index is 1.98. The zero-order chi connectivity index (χ0) is 18.8. The molecule has 3 aromatic rings. The monoisotopic (exact) mass is 362 g/mol. The maximum Gasteiger partial charge on any atom is 0.338 e. The molecule has 138 valence electrons. The number of hydrogen-bond acceptors (Lipinski definition) is 5. The standard InChI is InChI=1S/C21H22N4O2/c1-3-8-17-18(20(26)27-4-2)19(25-21(24-17)22-13-23-25)16-12-7-10-14-9-5-6-11-15(14)16/h5-7,9-13,19H,3-4,8H2,1-2H3,(H,22,23,24)/t19-/m0/s1. The molecule has 0 spiro atoms. The number of rotatable bonds is 5. The van der Waals surface area contributed by atoms with E-state index in [0.29, 0.717) is 18.1 Å². The van der Waals surface area contributed by atoms with Gasteiger partial charge >= 0.3 is 5.97 Å². The molecule has 0 unspecified atom stereocenters. The Morgan fingerprint density at radius 2 is 2.00 bits per heavy atom. The molecule has 0 aliphatic carbocycles. The normalized spacial score (nSPS) is 16.1. The number of benzene rings is 2. The second-order valence-corrected chi connectivity index (χ2v) is 6.49. The van der Waals surface area contributed by atoms with E-state index in [1.54, 1.807) is 4.68 Å². The summed E-state index contributed by atoms with van der Waals surface area (Å²) in [6.07, 6.45) is 3.15. The van der Waals surface area contributed by atoms with Crippen molar-refractivity contribution in [1.82, 2.24) is 14.8 Å². The largest absolute Gasteiger partial charge is 0.463 e. The van der Waals surface area contributed by atoms with Crippen molar-refractivity contribution in [2.75, 3.05) is 11.9 Å². The number of allylic oxidation sites excluding steroid dienone is 1. The molecule has 0 fully saturated rings. The number of esters is 1. The fourth-order valence-electron chi connectivity index (χ4n) is 3.69. The Bertz CT molecular complexity index is 1020. The van der Waals surface area contributed by atoms with Gasteiger partial charge in [-0.15, -0.1) is 0 Å². The van der Waals surface area contributed by atoms with E-state index in [-0.39, 0.29) is 12.0 Å². The van der Waals surface area contributed by atoms with Gasteiger partial charge in [0.05, 0.1) is 12.2 Å².